The fourth-order valence-electron chi connectivity index (χ4n) is 4.36. The van der Waals surface area contributed by atoms with Crippen LogP contribution in [0.2, 0.25) is 0 Å². The van der Waals surface area contributed by atoms with Crippen LogP contribution in [-0.2, 0) is 17.7 Å². The maximum Gasteiger partial charge on any atom is 0.269 e. The standard InChI is InChI=1S/C21H30N6O3/c1-24(10-11-30-2)17-12-20(28)27(23-13-17)16-6-5-8-25(15-16)21(29)18-14-22-26-9-4-3-7-19(18)26/h12-14,16H,3-11,15H2,1-2H3. The molecular weight excluding hydrogens is 384 g/mol. The number of methoxy groups -OCH3 is 1. The van der Waals surface area contributed by atoms with Crippen LogP contribution < -0.4 is 10.5 Å². The van der Waals surface area contributed by atoms with E-state index in [0.29, 0.717) is 31.8 Å². The number of likely N-dealkylation sites (tertiary alicyclic amines) is 1. The summed E-state index contributed by atoms with van der Waals surface area (Å²) in [6.07, 6.45) is 8.22. The van der Waals surface area contributed by atoms with E-state index in [1.165, 1.54) is 4.68 Å². The Labute approximate surface area is 176 Å². The molecule has 162 valence electrons. The molecule has 0 spiro atoms. The van der Waals surface area contributed by atoms with Crippen LogP contribution in [0.3, 0.4) is 0 Å². The number of hydrogen-bond acceptors (Lipinski definition) is 6. The summed E-state index contributed by atoms with van der Waals surface area (Å²) in [4.78, 5) is 29.7. The van der Waals surface area contributed by atoms with Crippen molar-refractivity contribution < 1.29 is 9.53 Å². The van der Waals surface area contributed by atoms with Gasteiger partial charge in [-0.1, -0.05) is 0 Å². The normalized spacial score (nSPS) is 18.9. The van der Waals surface area contributed by atoms with E-state index >= 15 is 0 Å². The van der Waals surface area contributed by atoms with Crippen LogP contribution in [0, 0.1) is 0 Å². The first-order chi connectivity index (χ1) is 14.6. The van der Waals surface area contributed by atoms with Crippen LogP contribution in [-0.4, -0.2) is 70.8 Å². The largest absolute Gasteiger partial charge is 0.383 e. The minimum atomic E-state index is -0.140. The van der Waals surface area contributed by atoms with E-state index in [1.807, 2.05) is 21.5 Å². The summed E-state index contributed by atoms with van der Waals surface area (Å²) in [5, 5.41) is 8.82. The molecule has 1 unspecified atom stereocenters. The topological polar surface area (TPSA) is 85.5 Å². The Morgan fingerprint density at radius 2 is 2.10 bits per heavy atom. The van der Waals surface area contributed by atoms with Crippen LogP contribution in [0.5, 0.6) is 0 Å². The predicted molar refractivity (Wildman–Crippen MR) is 113 cm³/mol. The van der Waals surface area contributed by atoms with Crippen LogP contribution in [0.15, 0.2) is 23.3 Å². The van der Waals surface area contributed by atoms with E-state index in [1.54, 1.807) is 25.6 Å². The number of hydrogen-bond donors (Lipinski definition) is 0. The highest BCUT2D eigenvalue weighted by atomic mass is 16.5. The summed E-state index contributed by atoms with van der Waals surface area (Å²) in [6, 6.07) is 1.50. The first-order valence-electron chi connectivity index (χ1n) is 10.7. The Balaban J connectivity index is 1.48. The van der Waals surface area contributed by atoms with Crippen LogP contribution >= 0.6 is 0 Å². The molecule has 0 saturated carbocycles. The van der Waals surface area contributed by atoms with E-state index in [0.717, 1.165) is 50.0 Å². The molecule has 30 heavy (non-hydrogen) atoms. The molecule has 2 aliphatic heterocycles. The highest BCUT2D eigenvalue weighted by Gasteiger charge is 2.29. The van der Waals surface area contributed by atoms with Crippen molar-refractivity contribution in [2.45, 2.75) is 44.7 Å². The minimum Gasteiger partial charge on any atom is -0.383 e. The average molecular weight is 415 g/mol. The van der Waals surface area contributed by atoms with E-state index in [-0.39, 0.29) is 17.5 Å². The smallest absolute Gasteiger partial charge is 0.269 e. The SMILES string of the molecule is COCCN(C)c1cnn(C2CCCN(C(=O)c3cnn4c3CCCC4)C2)c(=O)c1. The summed E-state index contributed by atoms with van der Waals surface area (Å²) in [6.45, 7) is 3.35. The molecule has 9 heteroatoms. The molecule has 0 bridgehead atoms. The second kappa shape index (κ2) is 8.99. The maximum absolute atomic E-state index is 13.2. The number of amides is 1. The van der Waals surface area contributed by atoms with Crippen LogP contribution in [0.1, 0.15) is 47.8 Å². The van der Waals surface area contributed by atoms with Crippen molar-refractivity contribution in [2.24, 2.45) is 0 Å². The molecule has 0 radical (unpaired) electrons. The minimum absolute atomic E-state index is 0.0202. The molecule has 2 aromatic rings. The number of aryl methyl sites for hydroxylation is 1. The lowest BCUT2D eigenvalue weighted by Crippen LogP contribution is -2.43. The number of anilines is 1. The number of carbonyl (C=O) groups is 1. The van der Waals surface area contributed by atoms with E-state index in [2.05, 4.69) is 10.2 Å². The number of fused-ring (bicyclic) bond motifs is 1. The molecular formula is C21H30N6O3. The third-order valence-electron chi connectivity index (χ3n) is 6.13. The van der Waals surface area contributed by atoms with Gasteiger partial charge >= 0.3 is 0 Å². The summed E-state index contributed by atoms with van der Waals surface area (Å²) in [5.74, 6) is 0.0202. The van der Waals surface area contributed by atoms with Gasteiger partial charge in [0.1, 0.15) is 0 Å². The summed E-state index contributed by atoms with van der Waals surface area (Å²) in [7, 11) is 3.56. The molecule has 1 amide bonds. The van der Waals surface area contributed by atoms with Crippen molar-refractivity contribution in [3.63, 3.8) is 0 Å². The van der Waals surface area contributed by atoms with Gasteiger partial charge in [-0.05, 0) is 32.1 Å². The second-order valence-corrected chi connectivity index (χ2v) is 8.14. The quantitative estimate of drug-likeness (QED) is 0.709. The lowest BCUT2D eigenvalue weighted by molar-refractivity contribution is 0.0668. The number of aromatic nitrogens is 4. The van der Waals surface area contributed by atoms with Crippen LogP contribution in [0.25, 0.3) is 0 Å². The molecule has 1 atom stereocenters. The number of ether oxygens (including phenoxy) is 1. The lowest BCUT2D eigenvalue weighted by Gasteiger charge is -2.33. The molecule has 2 aromatic heterocycles. The van der Waals surface area contributed by atoms with Gasteiger partial charge in [0.15, 0.2) is 0 Å². The number of piperidine rings is 1. The van der Waals surface area contributed by atoms with Crippen molar-refractivity contribution in [2.75, 3.05) is 45.3 Å². The van der Waals surface area contributed by atoms with Gasteiger partial charge in [0, 0.05) is 46.4 Å². The van der Waals surface area contributed by atoms with E-state index in [9.17, 15) is 9.59 Å². The number of nitrogens with zero attached hydrogens (tertiary/aromatic N) is 6. The first-order valence-corrected chi connectivity index (χ1v) is 10.7. The summed E-state index contributed by atoms with van der Waals surface area (Å²) < 4.78 is 8.58. The Hall–Kier alpha value is -2.68. The molecule has 4 rings (SSSR count). The van der Waals surface area contributed by atoms with Gasteiger partial charge in [-0.2, -0.15) is 10.2 Å². The van der Waals surface area contributed by atoms with Gasteiger partial charge in [0.05, 0.1) is 42.0 Å². The van der Waals surface area contributed by atoms with Crippen molar-refractivity contribution in [3.8, 4) is 0 Å². The summed E-state index contributed by atoms with van der Waals surface area (Å²) in [5.41, 5.74) is 2.39. The Bertz CT molecular complexity index is 952. The highest BCUT2D eigenvalue weighted by molar-refractivity contribution is 5.95. The van der Waals surface area contributed by atoms with Gasteiger partial charge in [-0.25, -0.2) is 4.68 Å². The number of rotatable bonds is 6. The van der Waals surface area contributed by atoms with Crippen LogP contribution in [0.4, 0.5) is 5.69 Å². The molecule has 0 aliphatic carbocycles. The maximum atomic E-state index is 13.2. The first kappa shape index (κ1) is 20.6. The predicted octanol–water partition coefficient (Wildman–Crippen LogP) is 1.34. The average Bonchev–Trinajstić information content (AvgIpc) is 3.21. The van der Waals surface area contributed by atoms with Gasteiger partial charge in [-0.3, -0.25) is 14.3 Å². The van der Waals surface area contributed by atoms with E-state index in [4.69, 9.17) is 4.74 Å². The Morgan fingerprint density at radius 1 is 1.23 bits per heavy atom. The van der Waals surface area contributed by atoms with Crippen molar-refractivity contribution in [3.05, 3.63) is 40.1 Å². The summed E-state index contributed by atoms with van der Waals surface area (Å²) >= 11 is 0. The van der Waals surface area contributed by atoms with E-state index < -0.39 is 0 Å². The zero-order valence-corrected chi connectivity index (χ0v) is 17.8. The molecule has 9 nitrogen and oxygen atoms in total. The second-order valence-electron chi connectivity index (χ2n) is 8.14. The van der Waals surface area contributed by atoms with Crippen molar-refractivity contribution in [1.82, 2.24) is 24.5 Å². The molecule has 1 fully saturated rings. The van der Waals surface area contributed by atoms with Crippen molar-refractivity contribution >= 4 is 11.6 Å². The third-order valence-corrected chi connectivity index (χ3v) is 6.13. The highest BCUT2D eigenvalue weighted by Crippen LogP contribution is 2.24. The third kappa shape index (κ3) is 4.12. The fraction of sp³-hybridized carbons (Fsp3) is 0.619. The van der Waals surface area contributed by atoms with Gasteiger partial charge in [0.2, 0.25) is 0 Å². The molecule has 4 heterocycles. The number of carbonyl (C=O) groups excluding carboxylic acids is 1. The van der Waals surface area contributed by atoms with Gasteiger partial charge in [0.25, 0.3) is 11.5 Å². The molecule has 2 aliphatic rings. The van der Waals surface area contributed by atoms with Gasteiger partial charge in [-0.15, -0.1) is 0 Å². The number of likely N-dealkylation sites (N-methyl/N-ethyl adjacent to an activating group) is 1. The zero-order chi connectivity index (χ0) is 21.1. The van der Waals surface area contributed by atoms with Crippen molar-refractivity contribution in [1.29, 1.82) is 0 Å². The lowest BCUT2D eigenvalue weighted by atomic mass is 10.0. The Morgan fingerprint density at radius 3 is 2.90 bits per heavy atom. The molecule has 0 aromatic carbocycles. The fourth-order valence-corrected chi connectivity index (χ4v) is 4.36. The monoisotopic (exact) mass is 414 g/mol. The molecule has 0 N–H and O–H groups in total. The van der Waals surface area contributed by atoms with Gasteiger partial charge < -0.3 is 14.5 Å². The zero-order valence-electron chi connectivity index (χ0n) is 17.8. The Kier molecular flexibility index (Phi) is 6.17. The molecule has 1 saturated heterocycles.